The predicted octanol–water partition coefficient (Wildman–Crippen LogP) is 3.09. The number of nitrogens with one attached hydrogen (secondary N) is 1. The van der Waals surface area contributed by atoms with Crippen LogP contribution in [0, 0.1) is 0 Å². The Morgan fingerprint density at radius 2 is 2.20 bits per heavy atom. The minimum Gasteiger partial charge on any atom is -0.339 e. The number of likely N-dealkylation sites (tertiary alicyclic amines) is 1. The quantitative estimate of drug-likeness (QED) is 0.792. The van der Waals surface area contributed by atoms with Gasteiger partial charge in [0.15, 0.2) is 11.5 Å². The molecule has 1 aromatic carbocycles. The van der Waals surface area contributed by atoms with Gasteiger partial charge in [0.05, 0.1) is 5.52 Å². The van der Waals surface area contributed by atoms with Gasteiger partial charge in [-0.15, -0.1) is 0 Å². The summed E-state index contributed by atoms with van der Waals surface area (Å²) in [5.74, 6) is 1.62. The first kappa shape index (κ1) is 15.8. The third-order valence-corrected chi connectivity index (χ3v) is 4.70. The average Bonchev–Trinajstić information content (AvgIpc) is 3.28. The highest BCUT2D eigenvalue weighted by Gasteiger charge is 2.30. The molecular formula is C18H21N5O2. The molecular weight excluding hydrogens is 318 g/mol. The second-order valence-corrected chi connectivity index (χ2v) is 6.85. The van der Waals surface area contributed by atoms with Gasteiger partial charge < -0.3 is 9.42 Å². The lowest BCUT2D eigenvalue weighted by Crippen LogP contribution is -2.39. The first-order valence-corrected chi connectivity index (χ1v) is 8.69. The standard InChI is InChI=1S/C18H21N5O2/c1-11(2)17-19-16(22-25-17)12-6-5-9-23(10-12)18(24)15-13-7-3-4-8-14(13)20-21-15/h3-4,7-8,11-12H,5-6,9-10H2,1-2H3,(H,20,21). The average molecular weight is 339 g/mol. The van der Waals surface area contributed by atoms with Crippen molar-refractivity contribution in [3.63, 3.8) is 0 Å². The van der Waals surface area contributed by atoms with Crippen LogP contribution in [-0.2, 0) is 0 Å². The van der Waals surface area contributed by atoms with E-state index in [1.54, 1.807) is 0 Å². The lowest BCUT2D eigenvalue weighted by molar-refractivity contribution is 0.0699. The van der Waals surface area contributed by atoms with E-state index in [-0.39, 0.29) is 17.7 Å². The van der Waals surface area contributed by atoms with Crippen LogP contribution in [0.1, 0.15) is 60.7 Å². The number of aromatic nitrogens is 4. The fraction of sp³-hybridized carbons (Fsp3) is 0.444. The van der Waals surface area contributed by atoms with Crippen molar-refractivity contribution in [3.05, 3.63) is 41.7 Å². The second-order valence-electron chi connectivity index (χ2n) is 6.85. The summed E-state index contributed by atoms with van der Waals surface area (Å²) >= 11 is 0. The minimum absolute atomic E-state index is 0.0465. The van der Waals surface area contributed by atoms with Crippen LogP contribution in [0.5, 0.6) is 0 Å². The van der Waals surface area contributed by atoms with Crippen molar-refractivity contribution in [2.45, 2.75) is 38.5 Å². The Balaban J connectivity index is 1.55. The van der Waals surface area contributed by atoms with Crippen LogP contribution < -0.4 is 0 Å². The molecule has 1 atom stereocenters. The van der Waals surface area contributed by atoms with Crippen molar-refractivity contribution < 1.29 is 9.32 Å². The summed E-state index contributed by atoms with van der Waals surface area (Å²) in [5.41, 5.74) is 1.35. The highest BCUT2D eigenvalue weighted by Crippen LogP contribution is 2.27. The summed E-state index contributed by atoms with van der Waals surface area (Å²) in [4.78, 5) is 19.3. The molecule has 1 aliphatic heterocycles. The molecule has 7 heteroatoms. The van der Waals surface area contributed by atoms with Crippen molar-refractivity contribution in [1.29, 1.82) is 0 Å². The van der Waals surface area contributed by atoms with Gasteiger partial charge in [-0.05, 0) is 18.9 Å². The Hall–Kier alpha value is -2.70. The van der Waals surface area contributed by atoms with E-state index in [4.69, 9.17) is 4.52 Å². The molecule has 1 unspecified atom stereocenters. The molecule has 1 fully saturated rings. The third kappa shape index (κ3) is 2.90. The molecule has 25 heavy (non-hydrogen) atoms. The Labute approximate surface area is 145 Å². The van der Waals surface area contributed by atoms with E-state index < -0.39 is 0 Å². The zero-order chi connectivity index (χ0) is 17.4. The normalized spacial score (nSPS) is 18.2. The number of rotatable bonds is 3. The minimum atomic E-state index is -0.0465. The monoisotopic (exact) mass is 339 g/mol. The van der Waals surface area contributed by atoms with E-state index in [1.807, 2.05) is 43.0 Å². The first-order chi connectivity index (χ1) is 12.1. The molecule has 0 bridgehead atoms. The molecule has 1 saturated heterocycles. The van der Waals surface area contributed by atoms with Crippen LogP contribution in [0.3, 0.4) is 0 Å². The molecule has 0 aliphatic carbocycles. The van der Waals surface area contributed by atoms with Gasteiger partial charge >= 0.3 is 0 Å². The Bertz CT molecular complexity index is 898. The largest absolute Gasteiger partial charge is 0.339 e. The summed E-state index contributed by atoms with van der Waals surface area (Å²) in [6.07, 6.45) is 1.88. The van der Waals surface area contributed by atoms with Crippen LogP contribution in [0.15, 0.2) is 28.8 Å². The number of carbonyl (C=O) groups is 1. The topological polar surface area (TPSA) is 87.9 Å². The van der Waals surface area contributed by atoms with Crippen LogP contribution in [-0.4, -0.2) is 44.2 Å². The maximum Gasteiger partial charge on any atom is 0.275 e. The summed E-state index contributed by atoms with van der Waals surface area (Å²) in [6, 6.07) is 7.68. The molecule has 130 valence electrons. The Kier molecular flexibility index (Phi) is 3.99. The maximum absolute atomic E-state index is 12.9. The Morgan fingerprint density at radius 1 is 1.36 bits per heavy atom. The third-order valence-electron chi connectivity index (χ3n) is 4.70. The van der Waals surface area contributed by atoms with E-state index in [9.17, 15) is 4.79 Å². The number of amides is 1. The van der Waals surface area contributed by atoms with E-state index >= 15 is 0 Å². The smallest absolute Gasteiger partial charge is 0.275 e. The number of piperidine rings is 1. The van der Waals surface area contributed by atoms with E-state index in [0.29, 0.717) is 24.0 Å². The van der Waals surface area contributed by atoms with Gasteiger partial charge in [0.25, 0.3) is 5.91 Å². The van der Waals surface area contributed by atoms with Gasteiger partial charge in [-0.2, -0.15) is 10.1 Å². The van der Waals surface area contributed by atoms with Gasteiger partial charge in [-0.1, -0.05) is 37.2 Å². The van der Waals surface area contributed by atoms with E-state index in [1.165, 1.54) is 0 Å². The van der Waals surface area contributed by atoms with Gasteiger partial charge in [0.1, 0.15) is 0 Å². The summed E-state index contributed by atoms with van der Waals surface area (Å²) in [6.45, 7) is 5.37. The molecule has 1 amide bonds. The van der Waals surface area contributed by atoms with Crippen LogP contribution in [0.25, 0.3) is 10.9 Å². The summed E-state index contributed by atoms with van der Waals surface area (Å²) in [7, 11) is 0. The number of hydrogen-bond donors (Lipinski definition) is 1. The van der Waals surface area contributed by atoms with Crippen LogP contribution in [0.4, 0.5) is 0 Å². The number of nitrogens with zero attached hydrogens (tertiary/aromatic N) is 4. The predicted molar refractivity (Wildman–Crippen MR) is 92.4 cm³/mol. The lowest BCUT2D eigenvalue weighted by Gasteiger charge is -2.30. The fourth-order valence-corrected chi connectivity index (χ4v) is 3.30. The molecule has 0 spiro atoms. The highest BCUT2D eigenvalue weighted by atomic mass is 16.5. The van der Waals surface area contributed by atoms with Crippen LogP contribution in [0.2, 0.25) is 0 Å². The van der Waals surface area contributed by atoms with Crippen molar-refractivity contribution in [1.82, 2.24) is 25.2 Å². The SMILES string of the molecule is CC(C)c1nc(C2CCCN(C(=O)c3n[nH]c4ccccc34)C2)no1. The van der Waals surface area contributed by atoms with Gasteiger partial charge in [-0.25, -0.2) is 0 Å². The lowest BCUT2D eigenvalue weighted by atomic mass is 9.97. The molecule has 7 nitrogen and oxygen atoms in total. The first-order valence-electron chi connectivity index (χ1n) is 8.69. The number of carbonyl (C=O) groups excluding carboxylic acids is 1. The zero-order valence-electron chi connectivity index (χ0n) is 14.4. The van der Waals surface area contributed by atoms with Crippen molar-refractivity contribution in [2.24, 2.45) is 0 Å². The Morgan fingerprint density at radius 3 is 3.00 bits per heavy atom. The van der Waals surface area contributed by atoms with E-state index in [2.05, 4.69) is 20.3 Å². The molecule has 4 rings (SSSR count). The number of benzene rings is 1. The van der Waals surface area contributed by atoms with Crippen LogP contribution >= 0.6 is 0 Å². The molecule has 1 N–H and O–H groups in total. The summed E-state index contributed by atoms with van der Waals surface area (Å²) < 4.78 is 5.32. The number of fused-ring (bicyclic) bond motifs is 1. The number of hydrogen-bond acceptors (Lipinski definition) is 5. The molecule has 3 aromatic rings. The summed E-state index contributed by atoms with van der Waals surface area (Å²) in [5, 5.41) is 12.1. The number of para-hydroxylation sites is 1. The molecule has 2 aromatic heterocycles. The van der Waals surface area contributed by atoms with Crippen molar-refractivity contribution in [3.8, 4) is 0 Å². The zero-order valence-corrected chi connectivity index (χ0v) is 14.4. The molecule has 1 aliphatic rings. The molecule has 0 saturated carbocycles. The van der Waals surface area contributed by atoms with E-state index in [0.717, 1.165) is 30.3 Å². The second kappa shape index (κ2) is 6.31. The van der Waals surface area contributed by atoms with Crippen molar-refractivity contribution in [2.75, 3.05) is 13.1 Å². The van der Waals surface area contributed by atoms with Crippen molar-refractivity contribution >= 4 is 16.8 Å². The van der Waals surface area contributed by atoms with Gasteiger partial charge in [-0.3, -0.25) is 9.89 Å². The number of H-pyrrole nitrogens is 1. The molecule has 0 radical (unpaired) electrons. The van der Waals surface area contributed by atoms with Gasteiger partial charge in [0.2, 0.25) is 5.89 Å². The molecule has 3 heterocycles. The maximum atomic E-state index is 12.9. The fourth-order valence-electron chi connectivity index (χ4n) is 3.30. The number of aromatic amines is 1. The van der Waals surface area contributed by atoms with Gasteiger partial charge in [0, 0.05) is 30.3 Å². The highest BCUT2D eigenvalue weighted by molar-refractivity contribution is 6.04.